The van der Waals surface area contributed by atoms with Crippen molar-refractivity contribution >= 4 is 18.3 Å². The number of benzene rings is 1. The molecule has 0 aromatic heterocycles. The molecule has 0 unspecified atom stereocenters. The molecule has 1 amide bonds. The Hall–Kier alpha value is -1.26. The van der Waals surface area contributed by atoms with E-state index >= 15 is 0 Å². The number of likely N-dealkylation sites (tertiary alicyclic amines) is 1. The van der Waals surface area contributed by atoms with E-state index in [4.69, 9.17) is 4.74 Å². The van der Waals surface area contributed by atoms with E-state index in [9.17, 15) is 4.79 Å². The van der Waals surface area contributed by atoms with Crippen LogP contribution in [0.4, 0.5) is 0 Å². The second kappa shape index (κ2) is 7.36. The average Bonchev–Trinajstić information content (AvgIpc) is 2.46. The zero-order chi connectivity index (χ0) is 13.0. The number of hydrogen-bond acceptors (Lipinski definition) is 3. The third-order valence-corrected chi connectivity index (χ3v) is 3.51. The van der Waals surface area contributed by atoms with E-state index < -0.39 is 0 Å². The van der Waals surface area contributed by atoms with Crippen molar-refractivity contribution in [1.82, 2.24) is 10.2 Å². The van der Waals surface area contributed by atoms with Crippen molar-refractivity contribution in [1.29, 1.82) is 0 Å². The Labute approximate surface area is 120 Å². The fraction of sp³-hybridized carbons (Fsp3) is 0.500. The van der Waals surface area contributed by atoms with Crippen LogP contribution in [-0.4, -0.2) is 44.1 Å². The van der Waals surface area contributed by atoms with Gasteiger partial charge in [-0.2, -0.15) is 0 Å². The summed E-state index contributed by atoms with van der Waals surface area (Å²) in [7, 11) is 3.59. The van der Waals surface area contributed by atoms with Crippen LogP contribution in [0.15, 0.2) is 24.3 Å². The van der Waals surface area contributed by atoms with Crippen LogP contribution in [0.3, 0.4) is 0 Å². The molecular formula is C14H21ClN2O2. The molecule has 4 nitrogen and oxygen atoms in total. The standard InChI is InChI=1S/C14H20N2O2.ClH/c1-15-12-6-8-16(9-7-12)14(17)11-4-3-5-13(10-11)18-2;/h3-5,10,12,15H,6-9H2,1-2H3;1H. The summed E-state index contributed by atoms with van der Waals surface area (Å²) in [4.78, 5) is 14.2. The van der Waals surface area contributed by atoms with Crippen LogP contribution >= 0.6 is 12.4 Å². The maximum absolute atomic E-state index is 12.3. The molecule has 1 aliphatic rings. The Balaban J connectivity index is 0.00000180. The van der Waals surface area contributed by atoms with E-state index in [0.717, 1.165) is 31.7 Å². The Morgan fingerprint density at radius 1 is 1.37 bits per heavy atom. The number of methoxy groups -OCH3 is 1. The van der Waals surface area contributed by atoms with Crippen molar-refractivity contribution < 1.29 is 9.53 Å². The number of amides is 1. The van der Waals surface area contributed by atoms with Gasteiger partial charge in [-0.15, -0.1) is 12.4 Å². The van der Waals surface area contributed by atoms with Crippen molar-refractivity contribution in [2.24, 2.45) is 0 Å². The van der Waals surface area contributed by atoms with Gasteiger partial charge in [-0.05, 0) is 38.1 Å². The van der Waals surface area contributed by atoms with Crippen LogP contribution < -0.4 is 10.1 Å². The fourth-order valence-electron chi connectivity index (χ4n) is 2.31. The molecule has 0 saturated carbocycles. The van der Waals surface area contributed by atoms with Gasteiger partial charge in [0.25, 0.3) is 5.91 Å². The number of ether oxygens (including phenoxy) is 1. The summed E-state index contributed by atoms with van der Waals surface area (Å²) >= 11 is 0. The van der Waals surface area contributed by atoms with E-state index in [1.54, 1.807) is 13.2 Å². The summed E-state index contributed by atoms with van der Waals surface area (Å²) in [5.41, 5.74) is 0.706. The monoisotopic (exact) mass is 284 g/mol. The third kappa shape index (κ3) is 3.85. The van der Waals surface area contributed by atoms with Gasteiger partial charge in [-0.1, -0.05) is 6.07 Å². The van der Waals surface area contributed by atoms with Crippen LogP contribution in [0.2, 0.25) is 0 Å². The number of rotatable bonds is 3. The summed E-state index contributed by atoms with van der Waals surface area (Å²) < 4.78 is 5.15. The number of carbonyl (C=O) groups excluding carboxylic acids is 1. The molecule has 1 saturated heterocycles. The summed E-state index contributed by atoms with van der Waals surface area (Å²) in [5.74, 6) is 0.828. The lowest BCUT2D eigenvalue weighted by Gasteiger charge is -2.31. The number of carbonyl (C=O) groups is 1. The molecule has 0 spiro atoms. The van der Waals surface area contributed by atoms with E-state index in [1.807, 2.05) is 30.1 Å². The highest BCUT2D eigenvalue weighted by atomic mass is 35.5. The van der Waals surface area contributed by atoms with E-state index in [2.05, 4.69) is 5.32 Å². The van der Waals surface area contributed by atoms with Crippen molar-refractivity contribution in [3.05, 3.63) is 29.8 Å². The minimum atomic E-state index is 0. The Kier molecular flexibility index (Phi) is 6.12. The normalized spacial score (nSPS) is 15.8. The Morgan fingerprint density at radius 3 is 2.63 bits per heavy atom. The molecule has 0 atom stereocenters. The quantitative estimate of drug-likeness (QED) is 0.922. The van der Waals surface area contributed by atoms with Crippen molar-refractivity contribution in [2.45, 2.75) is 18.9 Å². The second-order valence-corrected chi connectivity index (χ2v) is 4.59. The minimum Gasteiger partial charge on any atom is -0.497 e. The molecular weight excluding hydrogens is 264 g/mol. The topological polar surface area (TPSA) is 41.6 Å². The lowest BCUT2D eigenvalue weighted by Crippen LogP contribution is -2.43. The van der Waals surface area contributed by atoms with Gasteiger partial charge in [0.15, 0.2) is 0 Å². The molecule has 0 radical (unpaired) electrons. The molecule has 1 aromatic rings. The maximum atomic E-state index is 12.3. The number of piperidine rings is 1. The molecule has 0 aliphatic carbocycles. The van der Waals surface area contributed by atoms with Gasteiger partial charge < -0.3 is 15.0 Å². The second-order valence-electron chi connectivity index (χ2n) is 4.59. The molecule has 19 heavy (non-hydrogen) atoms. The zero-order valence-electron chi connectivity index (χ0n) is 11.4. The molecule has 2 rings (SSSR count). The molecule has 1 fully saturated rings. The molecule has 0 bridgehead atoms. The molecule has 106 valence electrons. The summed E-state index contributed by atoms with van der Waals surface area (Å²) in [6.07, 6.45) is 2.04. The molecule has 1 heterocycles. The molecule has 1 aromatic carbocycles. The van der Waals surface area contributed by atoms with Crippen molar-refractivity contribution in [3.63, 3.8) is 0 Å². The number of hydrogen-bond donors (Lipinski definition) is 1. The number of nitrogens with one attached hydrogen (secondary N) is 1. The first-order chi connectivity index (χ1) is 8.74. The van der Waals surface area contributed by atoms with Gasteiger partial charge in [0.1, 0.15) is 5.75 Å². The highest BCUT2D eigenvalue weighted by Gasteiger charge is 2.22. The third-order valence-electron chi connectivity index (χ3n) is 3.51. The van der Waals surface area contributed by atoms with E-state index in [-0.39, 0.29) is 18.3 Å². The van der Waals surface area contributed by atoms with Gasteiger partial charge in [0.2, 0.25) is 0 Å². The van der Waals surface area contributed by atoms with Crippen LogP contribution in [0, 0.1) is 0 Å². The first-order valence-corrected chi connectivity index (χ1v) is 6.35. The van der Waals surface area contributed by atoms with E-state index in [0.29, 0.717) is 11.6 Å². The lowest BCUT2D eigenvalue weighted by atomic mass is 10.0. The number of nitrogens with zero attached hydrogens (tertiary/aromatic N) is 1. The Bertz CT molecular complexity index is 418. The summed E-state index contributed by atoms with van der Waals surface area (Å²) in [6, 6.07) is 7.89. The van der Waals surface area contributed by atoms with E-state index in [1.165, 1.54) is 0 Å². The maximum Gasteiger partial charge on any atom is 0.253 e. The predicted molar refractivity (Wildman–Crippen MR) is 78.2 cm³/mol. The van der Waals surface area contributed by atoms with Gasteiger partial charge >= 0.3 is 0 Å². The molecule has 5 heteroatoms. The van der Waals surface area contributed by atoms with Crippen LogP contribution in [-0.2, 0) is 0 Å². The van der Waals surface area contributed by atoms with Gasteiger partial charge in [0.05, 0.1) is 7.11 Å². The SMILES string of the molecule is CNC1CCN(C(=O)c2cccc(OC)c2)CC1.Cl. The van der Waals surface area contributed by atoms with Crippen LogP contribution in [0.1, 0.15) is 23.2 Å². The molecule has 1 N–H and O–H groups in total. The van der Waals surface area contributed by atoms with Crippen molar-refractivity contribution in [2.75, 3.05) is 27.2 Å². The first-order valence-electron chi connectivity index (χ1n) is 6.35. The summed E-state index contributed by atoms with van der Waals surface area (Å²) in [6.45, 7) is 1.64. The van der Waals surface area contributed by atoms with Crippen LogP contribution in [0.25, 0.3) is 0 Å². The fourth-order valence-corrected chi connectivity index (χ4v) is 2.31. The van der Waals surface area contributed by atoms with Gasteiger partial charge in [-0.25, -0.2) is 0 Å². The largest absolute Gasteiger partial charge is 0.497 e. The smallest absolute Gasteiger partial charge is 0.253 e. The van der Waals surface area contributed by atoms with Crippen LogP contribution in [0.5, 0.6) is 5.75 Å². The Morgan fingerprint density at radius 2 is 2.05 bits per heavy atom. The number of halogens is 1. The van der Waals surface area contributed by atoms with Gasteiger partial charge in [-0.3, -0.25) is 4.79 Å². The summed E-state index contributed by atoms with van der Waals surface area (Å²) in [5, 5.41) is 3.26. The van der Waals surface area contributed by atoms with Crippen molar-refractivity contribution in [3.8, 4) is 5.75 Å². The lowest BCUT2D eigenvalue weighted by molar-refractivity contribution is 0.0707. The molecule has 1 aliphatic heterocycles. The van der Waals surface area contributed by atoms with Gasteiger partial charge in [0, 0.05) is 24.7 Å². The first kappa shape index (κ1) is 15.8. The highest BCUT2D eigenvalue weighted by Crippen LogP contribution is 2.17. The minimum absolute atomic E-state index is 0. The highest BCUT2D eigenvalue weighted by molar-refractivity contribution is 5.94. The average molecular weight is 285 g/mol. The zero-order valence-corrected chi connectivity index (χ0v) is 12.2. The predicted octanol–water partition coefficient (Wildman–Crippen LogP) is 1.94.